The van der Waals surface area contributed by atoms with Crippen molar-refractivity contribution in [1.82, 2.24) is 10.6 Å². The average molecular weight is 575 g/mol. The molecule has 39 heavy (non-hydrogen) atoms. The van der Waals surface area contributed by atoms with E-state index in [1.807, 2.05) is 25.3 Å². The summed E-state index contributed by atoms with van der Waals surface area (Å²) in [6.07, 6.45) is 3.84. The molecule has 2 N–H and O–H groups in total. The number of hydrogen-bond donors (Lipinski definition) is 2. The van der Waals surface area contributed by atoms with Crippen molar-refractivity contribution >= 4 is 17.9 Å². The third-order valence-electron chi connectivity index (χ3n) is 4.74. The van der Waals surface area contributed by atoms with Gasteiger partial charge in [0.25, 0.3) is 5.91 Å². The van der Waals surface area contributed by atoms with Crippen LogP contribution in [0, 0.1) is 5.92 Å². The first-order valence-electron chi connectivity index (χ1n) is 14.1. The van der Waals surface area contributed by atoms with Crippen molar-refractivity contribution in [2.45, 2.75) is 53.5 Å². The number of amides is 1. The SMILES string of the molecule is CCCOc1cccc(C(=O)NCCOCCOCCOCCCNC(C)C)c1.CSOCCOCC(C)C. The fraction of sp³-hybridized carbons (Fsp3) is 0.759. The maximum absolute atomic E-state index is 12.1. The predicted molar refractivity (Wildman–Crippen MR) is 160 cm³/mol. The first kappa shape index (κ1) is 37.6. The van der Waals surface area contributed by atoms with Crippen molar-refractivity contribution in [3.05, 3.63) is 29.8 Å². The molecule has 0 radical (unpaired) electrons. The Balaban J connectivity index is 0.00000122. The predicted octanol–water partition coefficient (Wildman–Crippen LogP) is 4.60. The molecule has 1 rings (SSSR count). The lowest BCUT2D eigenvalue weighted by atomic mass is 10.2. The maximum Gasteiger partial charge on any atom is 0.251 e. The molecular formula is C29H54N2O7S. The topological polar surface area (TPSA) is 96.5 Å². The molecule has 0 fully saturated rings. The summed E-state index contributed by atoms with van der Waals surface area (Å²) in [6, 6.07) is 7.71. The summed E-state index contributed by atoms with van der Waals surface area (Å²) in [7, 11) is 0. The van der Waals surface area contributed by atoms with Gasteiger partial charge >= 0.3 is 0 Å². The van der Waals surface area contributed by atoms with Crippen LogP contribution < -0.4 is 15.4 Å². The molecule has 0 aliphatic rings. The third kappa shape index (κ3) is 26.6. The van der Waals surface area contributed by atoms with Crippen molar-refractivity contribution in [2.75, 3.05) is 85.4 Å². The van der Waals surface area contributed by atoms with Crippen LogP contribution in [0.4, 0.5) is 0 Å². The second-order valence-corrected chi connectivity index (χ2v) is 9.96. The first-order chi connectivity index (χ1) is 18.9. The van der Waals surface area contributed by atoms with Crippen LogP contribution in [0.2, 0.25) is 0 Å². The number of hydrogen-bond acceptors (Lipinski definition) is 9. The monoisotopic (exact) mass is 574 g/mol. The molecular weight excluding hydrogens is 520 g/mol. The Bertz CT molecular complexity index is 681. The van der Waals surface area contributed by atoms with Gasteiger partial charge in [-0.15, -0.1) is 0 Å². The number of rotatable bonds is 24. The summed E-state index contributed by atoms with van der Waals surface area (Å²) in [5.74, 6) is 1.20. The van der Waals surface area contributed by atoms with Crippen molar-refractivity contribution in [3.8, 4) is 5.75 Å². The Kier molecular flexibility index (Phi) is 27.1. The van der Waals surface area contributed by atoms with E-state index in [-0.39, 0.29) is 5.91 Å². The molecule has 0 atom stereocenters. The van der Waals surface area contributed by atoms with E-state index in [1.165, 1.54) is 12.0 Å². The number of carbonyl (C=O) groups excluding carboxylic acids is 1. The number of benzene rings is 1. The van der Waals surface area contributed by atoms with Crippen LogP contribution in [0.5, 0.6) is 5.75 Å². The molecule has 0 bridgehead atoms. The van der Waals surface area contributed by atoms with Crippen molar-refractivity contribution < 1.29 is 32.7 Å². The Labute approximate surface area is 241 Å². The zero-order valence-corrected chi connectivity index (χ0v) is 25.9. The number of nitrogens with one attached hydrogen (secondary N) is 2. The molecule has 10 heteroatoms. The van der Waals surface area contributed by atoms with Gasteiger partial charge in [0.1, 0.15) is 5.75 Å². The minimum atomic E-state index is -0.132. The molecule has 1 aromatic rings. The van der Waals surface area contributed by atoms with Gasteiger partial charge in [0, 0.05) is 37.6 Å². The van der Waals surface area contributed by atoms with E-state index >= 15 is 0 Å². The van der Waals surface area contributed by atoms with Crippen molar-refractivity contribution in [2.24, 2.45) is 5.92 Å². The third-order valence-corrected chi connectivity index (χ3v) is 5.15. The summed E-state index contributed by atoms with van der Waals surface area (Å²) in [5, 5.41) is 6.19. The van der Waals surface area contributed by atoms with Crippen molar-refractivity contribution in [3.63, 3.8) is 0 Å². The van der Waals surface area contributed by atoms with E-state index in [1.54, 1.807) is 12.1 Å². The van der Waals surface area contributed by atoms with Crippen LogP contribution in [0.1, 0.15) is 57.8 Å². The Morgan fingerprint density at radius 1 is 0.846 bits per heavy atom. The van der Waals surface area contributed by atoms with Gasteiger partial charge < -0.3 is 38.5 Å². The minimum absolute atomic E-state index is 0.132. The van der Waals surface area contributed by atoms with Crippen LogP contribution in [-0.4, -0.2) is 97.4 Å². The maximum atomic E-state index is 12.1. The Morgan fingerprint density at radius 3 is 2.15 bits per heavy atom. The number of ether oxygens (including phenoxy) is 5. The molecule has 0 aromatic heterocycles. The van der Waals surface area contributed by atoms with Gasteiger partial charge in [0.15, 0.2) is 0 Å². The smallest absolute Gasteiger partial charge is 0.251 e. The van der Waals surface area contributed by atoms with Crippen LogP contribution >= 0.6 is 12.0 Å². The van der Waals surface area contributed by atoms with Crippen LogP contribution in [-0.2, 0) is 23.1 Å². The van der Waals surface area contributed by atoms with Gasteiger partial charge in [-0.25, -0.2) is 0 Å². The van der Waals surface area contributed by atoms with Gasteiger partial charge in [-0.3, -0.25) is 4.79 Å². The molecule has 1 aromatic carbocycles. The highest BCUT2D eigenvalue weighted by molar-refractivity contribution is 7.93. The van der Waals surface area contributed by atoms with Gasteiger partial charge in [-0.2, -0.15) is 0 Å². The van der Waals surface area contributed by atoms with E-state index in [2.05, 4.69) is 38.3 Å². The second-order valence-electron chi connectivity index (χ2n) is 9.39. The lowest BCUT2D eigenvalue weighted by molar-refractivity contribution is 0.0147. The molecule has 0 aliphatic heterocycles. The molecule has 0 spiro atoms. The first-order valence-corrected chi connectivity index (χ1v) is 15.3. The van der Waals surface area contributed by atoms with E-state index in [0.717, 1.165) is 32.6 Å². The summed E-state index contributed by atoms with van der Waals surface area (Å²) >= 11 is 1.38. The lowest BCUT2D eigenvalue weighted by Crippen LogP contribution is -2.27. The Hall–Kier alpha value is -1.40. The molecule has 0 saturated carbocycles. The summed E-state index contributed by atoms with van der Waals surface area (Å²) < 4.78 is 32.2. The molecule has 228 valence electrons. The van der Waals surface area contributed by atoms with Crippen molar-refractivity contribution in [1.29, 1.82) is 0 Å². The van der Waals surface area contributed by atoms with Gasteiger partial charge in [-0.05, 0) is 55.5 Å². The zero-order chi connectivity index (χ0) is 29.0. The van der Waals surface area contributed by atoms with Gasteiger partial charge in [0.2, 0.25) is 0 Å². The second kappa shape index (κ2) is 28.1. The standard InChI is InChI=1S/C22H38N2O5.C7H16O2S/c1-4-11-29-21-8-5-7-20(18-21)22(25)24-10-13-27-15-17-28-16-14-26-12-6-9-23-19(2)3;1-7(2)6-8-4-5-9-10-3/h5,7-8,18-19,23H,4,6,9-17H2,1-3H3,(H,24,25);7H,4-6H2,1-3H3. The van der Waals surface area contributed by atoms with Crippen LogP contribution in [0.25, 0.3) is 0 Å². The summed E-state index contributed by atoms with van der Waals surface area (Å²) in [4.78, 5) is 12.1. The van der Waals surface area contributed by atoms with E-state index in [0.29, 0.717) is 82.7 Å². The van der Waals surface area contributed by atoms with E-state index < -0.39 is 0 Å². The number of carbonyl (C=O) groups is 1. The highest BCUT2D eigenvalue weighted by Gasteiger charge is 2.06. The summed E-state index contributed by atoms with van der Waals surface area (Å²) in [5.41, 5.74) is 0.585. The molecule has 0 unspecified atom stereocenters. The zero-order valence-electron chi connectivity index (χ0n) is 25.1. The normalized spacial score (nSPS) is 11.0. The molecule has 9 nitrogen and oxygen atoms in total. The Morgan fingerprint density at radius 2 is 1.51 bits per heavy atom. The fourth-order valence-corrected chi connectivity index (χ4v) is 3.12. The lowest BCUT2D eigenvalue weighted by Gasteiger charge is -2.09. The van der Waals surface area contributed by atoms with Gasteiger partial charge in [0.05, 0.1) is 52.9 Å². The summed E-state index contributed by atoms with van der Waals surface area (Å²) in [6.45, 7) is 18.2. The fourth-order valence-electron chi connectivity index (χ4n) is 2.89. The van der Waals surface area contributed by atoms with E-state index in [9.17, 15) is 4.79 Å². The average Bonchev–Trinajstić information content (AvgIpc) is 2.92. The van der Waals surface area contributed by atoms with Crippen LogP contribution in [0.3, 0.4) is 0 Å². The molecule has 0 aliphatic carbocycles. The highest BCUT2D eigenvalue weighted by atomic mass is 32.2. The quantitative estimate of drug-likeness (QED) is 0.136. The molecule has 0 heterocycles. The molecule has 1 amide bonds. The largest absolute Gasteiger partial charge is 0.494 e. The highest BCUT2D eigenvalue weighted by Crippen LogP contribution is 2.13. The van der Waals surface area contributed by atoms with Gasteiger partial charge in [-0.1, -0.05) is 40.7 Å². The van der Waals surface area contributed by atoms with Crippen LogP contribution in [0.15, 0.2) is 24.3 Å². The minimum Gasteiger partial charge on any atom is -0.494 e. The van der Waals surface area contributed by atoms with E-state index in [4.69, 9.17) is 27.9 Å². The molecule has 0 saturated heterocycles.